The molecule has 8 rings (SSSR count). The lowest BCUT2D eigenvalue weighted by Gasteiger charge is -2.56. The van der Waals surface area contributed by atoms with E-state index in [4.69, 9.17) is 0 Å². The first kappa shape index (κ1) is 32.5. The average Bonchev–Trinajstić information content (AvgIpc) is 3.17. The Bertz CT molecular complexity index is 1960. The molecule has 0 N–H and O–H groups in total. The van der Waals surface area contributed by atoms with Gasteiger partial charge in [-0.1, -0.05) is 109 Å². The number of nitrogens with zero attached hydrogens (tertiary/aromatic N) is 2. The van der Waals surface area contributed by atoms with Crippen LogP contribution in [0.15, 0.2) is 207 Å². The van der Waals surface area contributed by atoms with Gasteiger partial charge in [0.15, 0.2) is 7.26 Å². The first-order valence-electron chi connectivity index (χ1n) is 17.5. The Hall–Kier alpha value is -4.74. The van der Waals surface area contributed by atoms with Crippen LogP contribution in [0, 0.1) is 0 Å². The fourth-order valence-electron chi connectivity index (χ4n) is 9.19. The van der Waals surface area contributed by atoms with Gasteiger partial charge < -0.3 is 0 Å². The van der Waals surface area contributed by atoms with E-state index in [9.17, 15) is 0 Å². The summed E-state index contributed by atoms with van der Waals surface area (Å²) in [6.07, 6.45) is 11.2. The van der Waals surface area contributed by atoms with Crippen LogP contribution in [-0.2, 0) is 12.3 Å². The SMILES string of the molecule is C[n+]1cc[n+](C2([P+](c3ccccc3)(c3ccccc3)c3ccccc3)CC(C)([P+](c3ccccc3)(c3ccccc3)c3ccccc3)C2)cc1. The highest BCUT2D eigenvalue weighted by Crippen LogP contribution is 2.83. The molecule has 244 valence electrons. The monoisotopic (exact) mass is 686 g/mol. The van der Waals surface area contributed by atoms with E-state index in [0.717, 1.165) is 12.8 Å². The maximum atomic E-state index is 2.62. The first-order valence-corrected chi connectivity index (χ1v) is 21.1. The van der Waals surface area contributed by atoms with Crippen molar-refractivity contribution in [2.45, 2.75) is 30.2 Å². The predicted molar refractivity (Wildman–Crippen MR) is 214 cm³/mol. The molecular weight excluding hydrogens is 642 g/mol. The second kappa shape index (κ2) is 13.2. The largest absolute Gasteiger partial charge is 0.287 e. The zero-order valence-electron chi connectivity index (χ0n) is 28.8. The van der Waals surface area contributed by atoms with E-state index in [2.05, 4.69) is 230 Å². The molecule has 0 bridgehead atoms. The van der Waals surface area contributed by atoms with Crippen LogP contribution in [0.5, 0.6) is 0 Å². The maximum Gasteiger partial charge on any atom is 0.287 e. The third-order valence-corrected chi connectivity index (χ3v) is 21.2. The van der Waals surface area contributed by atoms with Gasteiger partial charge in [-0.25, -0.2) is 0 Å². The molecule has 1 fully saturated rings. The molecule has 0 spiro atoms. The maximum absolute atomic E-state index is 2.62. The molecule has 1 aromatic heterocycles. The topological polar surface area (TPSA) is 7.76 Å². The molecule has 0 atom stereocenters. The highest BCUT2D eigenvalue weighted by atomic mass is 31.2. The molecule has 4 heteroatoms. The van der Waals surface area contributed by atoms with Gasteiger partial charge in [-0.2, -0.15) is 9.13 Å². The molecule has 0 unspecified atom stereocenters. The molecule has 0 aliphatic heterocycles. The molecular formula is C46H44N2P2+4. The summed E-state index contributed by atoms with van der Waals surface area (Å²) in [6.45, 7) is 2.62. The summed E-state index contributed by atoms with van der Waals surface area (Å²) in [5.41, 5.74) is 0. The van der Waals surface area contributed by atoms with Crippen LogP contribution in [0.25, 0.3) is 0 Å². The van der Waals surface area contributed by atoms with Crippen molar-refractivity contribution in [3.8, 4) is 0 Å². The predicted octanol–water partition coefficient (Wildman–Crippen LogP) is 6.99. The van der Waals surface area contributed by atoms with Gasteiger partial charge in [0.2, 0.25) is 24.8 Å². The third kappa shape index (κ3) is 4.92. The fourth-order valence-corrected chi connectivity index (χ4v) is 20.9. The number of rotatable bonds is 9. The Balaban J connectivity index is 1.48. The van der Waals surface area contributed by atoms with Gasteiger partial charge in [-0.05, 0) is 79.7 Å². The van der Waals surface area contributed by atoms with Crippen LogP contribution in [-0.4, -0.2) is 5.16 Å². The van der Waals surface area contributed by atoms with Gasteiger partial charge in [-0.3, -0.25) is 0 Å². The van der Waals surface area contributed by atoms with Gasteiger partial charge in [0.05, 0.1) is 12.8 Å². The van der Waals surface area contributed by atoms with E-state index in [-0.39, 0.29) is 10.4 Å². The third-order valence-electron chi connectivity index (χ3n) is 11.0. The molecule has 0 saturated heterocycles. The van der Waals surface area contributed by atoms with Crippen LogP contribution in [0.3, 0.4) is 0 Å². The van der Waals surface area contributed by atoms with Crippen molar-refractivity contribution >= 4 is 46.4 Å². The molecule has 0 radical (unpaired) electrons. The number of benzene rings is 6. The smallest absolute Gasteiger partial charge is 0.197 e. The van der Waals surface area contributed by atoms with Crippen LogP contribution in [0.4, 0.5) is 0 Å². The van der Waals surface area contributed by atoms with Crippen molar-refractivity contribution in [2.75, 3.05) is 0 Å². The van der Waals surface area contributed by atoms with E-state index >= 15 is 0 Å². The molecule has 0 amide bonds. The standard InChI is InChI=1S/C46H44N2P2/c1-45(49(39-21-9-3-10-22-39,40-23-11-4-12-24-40)41-25-13-5-14-26-41)37-46(38-45,48-35-33-47(2)34-36-48)50(42-27-15-6-16-28-42,43-29-17-7-18-30-43)44-31-19-8-20-32-44/h3-36H,37-38H2,1-2H3/q+4. The van der Waals surface area contributed by atoms with Crippen LogP contribution >= 0.6 is 14.5 Å². The zero-order chi connectivity index (χ0) is 34.1. The van der Waals surface area contributed by atoms with E-state index in [1.807, 2.05) is 0 Å². The van der Waals surface area contributed by atoms with Crippen LogP contribution in [0.2, 0.25) is 0 Å². The van der Waals surface area contributed by atoms with Gasteiger partial charge in [0, 0.05) is 0 Å². The van der Waals surface area contributed by atoms with Gasteiger partial charge in [-0.15, -0.1) is 0 Å². The van der Waals surface area contributed by atoms with Crippen molar-refractivity contribution in [3.05, 3.63) is 207 Å². The van der Waals surface area contributed by atoms with Gasteiger partial charge in [0.25, 0.3) is 5.28 Å². The molecule has 6 aromatic carbocycles. The second-order valence-corrected chi connectivity index (χ2v) is 21.6. The molecule has 1 heterocycles. The highest BCUT2D eigenvalue weighted by molar-refractivity contribution is 7.98. The molecule has 2 nitrogen and oxygen atoms in total. The van der Waals surface area contributed by atoms with Crippen molar-refractivity contribution < 1.29 is 9.13 Å². The lowest BCUT2D eigenvalue weighted by molar-refractivity contribution is -0.778. The Morgan fingerprint density at radius 2 is 0.640 bits per heavy atom. The van der Waals surface area contributed by atoms with E-state index < -0.39 is 14.5 Å². The Labute approximate surface area is 298 Å². The minimum absolute atomic E-state index is 0.0638. The summed E-state index contributed by atoms with van der Waals surface area (Å²) in [7, 11) is -2.48. The fraction of sp³-hybridized carbons (Fsp3) is 0.130. The Morgan fingerprint density at radius 1 is 0.380 bits per heavy atom. The Kier molecular flexibility index (Phi) is 8.56. The first-order chi connectivity index (χ1) is 24.5. The summed E-state index contributed by atoms with van der Waals surface area (Å²) in [4.78, 5) is 0. The lowest BCUT2D eigenvalue weighted by atomic mass is 9.79. The van der Waals surface area contributed by atoms with E-state index in [1.54, 1.807) is 0 Å². The summed E-state index contributed by atoms with van der Waals surface area (Å²) in [5.74, 6) is 0. The number of hydrogen-bond acceptors (Lipinski definition) is 0. The highest BCUT2D eigenvalue weighted by Gasteiger charge is 2.84. The quantitative estimate of drug-likeness (QED) is 0.114. The summed E-state index contributed by atoms with van der Waals surface area (Å²) in [5, 5.41) is 8.29. The number of aryl methyl sites for hydroxylation is 1. The summed E-state index contributed by atoms with van der Waals surface area (Å²) < 4.78 is 4.77. The van der Waals surface area contributed by atoms with Gasteiger partial charge >= 0.3 is 0 Å². The lowest BCUT2D eigenvalue weighted by Crippen LogP contribution is -2.74. The summed E-state index contributed by atoms with van der Waals surface area (Å²) in [6, 6.07) is 68.8. The molecule has 50 heavy (non-hydrogen) atoms. The van der Waals surface area contributed by atoms with Gasteiger partial charge in [0.1, 0.15) is 51.3 Å². The molecule has 1 saturated carbocycles. The molecule has 1 aliphatic rings. The van der Waals surface area contributed by atoms with Crippen molar-refractivity contribution in [1.29, 1.82) is 0 Å². The average molecular weight is 687 g/mol. The van der Waals surface area contributed by atoms with E-state index in [0.29, 0.717) is 0 Å². The van der Waals surface area contributed by atoms with Crippen molar-refractivity contribution in [1.82, 2.24) is 0 Å². The van der Waals surface area contributed by atoms with E-state index in [1.165, 1.54) is 31.8 Å². The summed E-state index contributed by atoms with van der Waals surface area (Å²) >= 11 is 0. The van der Waals surface area contributed by atoms with Crippen molar-refractivity contribution in [3.63, 3.8) is 0 Å². The molecule has 7 aromatic rings. The number of hydrogen-bond donors (Lipinski definition) is 0. The number of aromatic nitrogens is 2. The zero-order valence-corrected chi connectivity index (χ0v) is 30.6. The normalized spacial score (nSPS) is 19.0. The van der Waals surface area contributed by atoms with Crippen molar-refractivity contribution in [2.24, 2.45) is 7.05 Å². The van der Waals surface area contributed by atoms with Crippen LogP contribution in [0.1, 0.15) is 19.8 Å². The minimum atomic E-state index is -2.38. The van der Waals surface area contributed by atoms with Crippen LogP contribution < -0.4 is 41.0 Å². The molecule has 1 aliphatic carbocycles. The Morgan fingerprint density at radius 3 is 0.920 bits per heavy atom. The second-order valence-electron chi connectivity index (χ2n) is 13.9. The minimum Gasteiger partial charge on any atom is -0.197 e.